The first kappa shape index (κ1) is 19.5. The number of carbonyl (C=O) groups is 1. The Labute approximate surface area is 169 Å². The minimum Gasteiger partial charge on any atom is -0.495 e. The van der Waals surface area contributed by atoms with Crippen molar-refractivity contribution in [2.45, 2.75) is 24.2 Å². The van der Waals surface area contributed by atoms with Crippen LogP contribution in [-0.2, 0) is 10.0 Å². The highest BCUT2D eigenvalue weighted by Gasteiger charge is 2.29. The smallest absolute Gasteiger partial charge is 0.257 e. The number of nitrogens with zero attached hydrogens (tertiary/aromatic N) is 1. The molecule has 3 aromatic rings. The Hall–Kier alpha value is -2.84. The Morgan fingerprint density at radius 1 is 1.10 bits per heavy atom. The molecule has 1 aliphatic heterocycles. The van der Waals surface area contributed by atoms with Gasteiger partial charge in [0.25, 0.3) is 5.91 Å². The number of carbonyl (C=O) groups excluding carboxylic acids is 1. The fourth-order valence-corrected chi connectivity index (χ4v) is 5.36. The number of aromatic nitrogens is 1. The van der Waals surface area contributed by atoms with Crippen LogP contribution in [0, 0.1) is 0 Å². The van der Waals surface area contributed by atoms with Gasteiger partial charge in [0.05, 0.1) is 12.7 Å². The van der Waals surface area contributed by atoms with Crippen LogP contribution in [-0.4, -0.2) is 43.8 Å². The molecule has 0 spiro atoms. The van der Waals surface area contributed by atoms with Crippen molar-refractivity contribution in [3.63, 3.8) is 0 Å². The first-order valence-corrected chi connectivity index (χ1v) is 11.0. The molecule has 1 fully saturated rings. The number of fused-ring (bicyclic) bond motifs is 1. The highest BCUT2D eigenvalue weighted by molar-refractivity contribution is 7.89. The SMILES string of the molecule is COc1ccc(NC(=O)c2c[nH]c3ccccc23)cc1S(=O)(=O)N1CCCCC1. The molecule has 29 heavy (non-hydrogen) atoms. The zero-order valence-electron chi connectivity index (χ0n) is 16.1. The fraction of sp³-hybridized carbons (Fsp3) is 0.286. The lowest BCUT2D eigenvalue weighted by Gasteiger charge is -2.26. The van der Waals surface area contributed by atoms with Crippen LogP contribution in [0.1, 0.15) is 29.6 Å². The average Bonchev–Trinajstić information content (AvgIpc) is 3.18. The molecule has 2 N–H and O–H groups in total. The molecule has 1 amide bonds. The summed E-state index contributed by atoms with van der Waals surface area (Å²) < 4.78 is 33.0. The summed E-state index contributed by atoms with van der Waals surface area (Å²) in [4.78, 5) is 15.9. The number of ether oxygens (including phenoxy) is 1. The number of hydrogen-bond acceptors (Lipinski definition) is 4. The maximum atomic E-state index is 13.1. The second-order valence-electron chi connectivity index (χ2n) is 7.03. The van der Waals surface area contributed by atoms with Gasteiger partial charge in [0.15, 0.2) is 0 Å². The second-order valence-corrected chi connectivity index (χ2v) is 8.94. The van der Waals surface area contributed by atoms with Crippen LogP contribution >= 0.6 is 0 Å². The third-order valence-corrected chi connectivity index (χ3v) is 7.11. The molecule has 0 unspecified atom stereocenters. The maximum Gasteiger partial charge on any atom is 0.257 e. The van der Waals surface area contributed by atoms with Crippen molar-refractivity contribution >= 4 is 32.5 Å². The van der Waals surface area contributed by atoms with Gasteiger partial charge >= 0.3 is 0 Å². The van der Waals surface area contributed by atoms with Crippen LogP contribution in [0.15, 0.2) is 53.6 Å². The van der Waals surface area contributed by atoms with Crippen LogP contribution in [0.2, 0.25) is 0 Å². The summed E-state index contributed by atoms with van der Waals surface area (Å²) in [5, 5.41) is 3.61. The lowest BCUT2D eigenvalue weighted by molar-refractivity contribution is 0.102. The van der Waals surface area contributed by atoms with Gasteiger partial charge in [0.1, 0.15) is 10.6 Å². The van der Waals surface area contributed by atoms with E-state index < -0.39 is 10.0 Å². The Morgan fingerprint density at radius 3 is 2.62 bits per heavy atom. The number of methoxy groups -OCH3 is 1. The number of rotatable bonds is 5. The van der Waals surface area contributed by atoms with E-state index >= 15 is 0 Å². The molecule has 0 saturated carbocycles. The van der Waals surface area contributed by atoms with Crippen molar-refractivity contribution in [3.05, 3.63) is 54.2 Å². The predicted molar refractivity (Wildman–Crippen MR) is 112 cm³/mol. The molecule has 1 saturated heterocycles. The number of amides is 1. The van der Waals surface area contributed by atoms with Crippen LogP contribution in [0.3, 0.4) is 0 Å². The van der Waals surface area contributed by atoms with Crippen molar-refractivity contribution in [1.29, 1.82) is 0 Å². The Bertz CT molecular complexity index is 1150. The summed E-state index contributed by atoms with van der Waals surface area (Å²) in [6.07, 6.45) is 4.37. The van der Waals surface area contributed by atoms with Crippen molar-refractivity contribution in [2.75, 3.05) is 25.5 Å². The first-order valence-electron chi connectivity index (χ1n) is 9.56. The largest absolute Gasteiger partial charge is 0.495 e. The zero-order chi connectivity index (χ0) is 20.4. The van der Waals surface area contributed by atoms with Gasteiger partial charge < -0.3 is 15.0 Å². The van der Waals surface area contributed by atoms with Crippen molar-refractivity contribution in [1.82, 2.24) is 9.29 Å². The van der Waals surface area contributed by atoms with Crippen LogP contribution < -0.4 is 10.1 Å². The van der Waals surface area contributed by atoms with E-state index in [1.165, 1.54) is 17.5 Å². The number of sulfonamides is 1. The van der Waals surface area contributed by atoms with E-state index in [0.717, 1.165) is 30.2 Å². The molecule has 0 radical (unpaired) electrons. The summed E-state index contributed by atoms with van der Waals surface area (Å²) >= 11 is 0. The van der Waals surface area contributed by atoms with E-state index in [2.05, 4.69) is 10.3 Å². The number of aromatic amines is 1. The van der Waals surface area contributed by atoms with E-state index in [1.54, 1.807) is 18.3 Å². The first-order chi connectivity index (χ1) is 14.0. The number of para-hydroxylation sites is 1. The Morgan fingerprint density at radius 2 is 1.86 bits per heavy atom. The molecule has 4 rings (SSSR count). The molecular formula is C21H23N3O4S. The van der Waals surface area contributed by atoms with Gasteiger partial charge in [-0.3, -0.25) is 4.79 Å². The van der Waals surface area contributed by atoms with Gasteiger partial charge in [-0.25, -0.2) is 8.42 Å². The van der Waals surface area contributed by atoms with E-state index in [9.17, 15) is 13.2 Å². The quantitative estimate of drug-likeness (QED) is 0.669. The van der Waals surface area contributed by atoms with Gasteiger partial charge in [0, 0.05) is 35.9 Å². The monoisotopic (exact) mass is 413 g/mol. The number of anilines is 1. The van der Waals surface area contributed by atoms with E-state index in [-0.39, 0.29) is 16.6 Å². The molecule has 7 nitrogen and oxygen atoms in total. The minimum atomic E-state index is -3.70. The van der Waals surface area contributed by atoms with E-state index in [4.69, 9.17) is 4.74 Å². The number of piperidine rings is 1. The lowest BCUT2D eigenvalue weighted by Crippen LogP contribution is -2.35. The highest BCUT2D eigenvalue weighted by atomic mass is 32.2. The maximum absolute atomic E-state index is 13.1. The van der Waals surface area contributed by atoms with Gasteiger partial charge in [-0.15, -0.1) is 0 Å². The predicted octanol–water partition coefficient (Wildman–Crippen LogP) is 3.60. The number of H-pyrrole nitrogens is 1. The fourth-order valence-electron chi connectivity index (χ4n) is 3.66. The molecule has 1 aromatic heterocycles. The molecule has 152 valence electrons. The summed E-state index contributed by atoms with van der Waals surface area (Å²) in [6, 6.07) is 12.2. The molecule has 0 aliphatic carbocycles. The molecular weight excluding hydrogens is 390 g/mol. The van der Waals surface area contributed by atoms with Crippen LogP contribution in [0.4, 0.5) is 5.69 Å². The van der Waals surface area contributed by atoms with Crippen LogP contribution in [0.25, 0.3) is 10.9 Å². The van der Waals surface area contributed by atoms with E-state index in [0.29, 0.717) is 24.3 Å². The normalized spacial score (nSPS) is 15.3. The summed E-state index contributed by atoms with van der Waals surface area (Å²) in [6.45, 7) is 0.995. The summed E-state index contributed by atoms with van der Waals surface area (Å²) in [7, 11) is -2.26. The van der Waals surface area contributed by atoms with Crippen molar-refractivity contribution < 1.29 is 17.9 Å². The summed E-state index contributed by atoms with van der Waals surface area (Å²) in [5.74, 6) is -0.0467. The molecule has 0 atom stereocenters. The van der Waals surface area contributed by atoms with Crippen LogP contribution in [0.5, 0.6) is 5.75 Å². The zero-order valence-corrected chi connectivity index (χ0v) is 17.0. The lowest BCUT2D eigenvalue weighted by atomic mass is 10.1. The topological polar surface area (TPSA) is 91.5 Å². The van der Waals surface area contributed by atoms with Gasteiger partial charge in [0.2, 0.25) is 10.0 Å². The molecule has 2 heterocycles. The summed E-state index contributed by atoms with van der Waals surface area (Å²) in [5.41, 5.74) is 1.76. The van der Waals surface area contributed by atoms with Crippen molar-refractivity contribution in [3.8, 4) is 5.75 Å². The Balaban J connectivity index is 1.65. The molecule has 8 heteroatoms. The molecule has 1 aliphatic rings. The molecule has 2 aromatic carbocycles. The molecule has 0 bridgehead atoms. The van der Waals surface area contributed by atoms with Gasteiger partial charge in [-0.1, -0.05) is 24.6 Å². The second kappa shape index (κ2) is 7.88. The minimum absolute atomic E-state index is 0.0682. The van der Waals surface area contributed by atoms with Crippen molar-refractivity contribution in [2.24, 2.45) is 0 Å². The van der Waals surface area contributed by atoms with E-state index in [1.807, 2.05) is 24.3 Å². The third-order valence-electron chi connectivity index (χ3n) is 5.19. The van der Waals surface area contributed by atoms with Gasteiger partial charge in [-0.2, -0.15) is 4.31 Å². The Kier molecular flexibility index (Phi) is 5.29. The standard InChI is InChI=1S/C21H23N3O4S/c1-28-19-10-9-15(13-20(19)29(26,27)24-11-5-2-6-12-24)23-21(25)17-14-22-18-8-4-3-7-16(17)18/h3-4,7-10,13-14,22H,2,5-6,11-12H2,1H3,(H,23,25). The van der Waals surface area contributed by atoms with Gasteiger partial charge in [-0.05, 0) is 37.1 Å². The number of nitrogens with one attached hydrogen (secondary N) is 2. The number of benzene rings is 2. The third kappa shape index (κ3) is 3.73. The number of hydrogen-bond donors (Lipinski definition) is 2. The average molecular weight is 413 g/mol. The highest BCUT2D eigenvalue weighted by Crippen LogP contribution is 2.31.